The van der Waals surface area contributed by atoms with E-state index in [4.69, 9.17) is 5.11 Å². The second-order valence-corrected chi connectivity index (χ2v) is 4.30. The van der Waals surface area contributed by atoms with E-state index in [1.54, 1.807) is 12.3 Å². The lowest BCUT2D eigenvalue weighted by molar-refractivity contribution is 0.0697. The number of hydrogen-bond acceptors (Lipinski definition) is 4. The highest BCUT2D eigenvalue weighted by Gasteiger charge is 2.11. The number of rotatable bonds is 4. The molecule has 0 radical (unpaired) electrons. The summed E-state index contributed by atoms with van der Waals surface area (Å²) >= 11 is 0. The van der Waals surface area contributed by atoms with Crippen molar-refractivity contribution in [1.29, 1.82) is 0 Å². The number of nitrogens with one attached hydrogen (secondary N) is 1. The van der Waals surface area contributed by atoms with Gasteiger partial charge in [0.1, 0.15) is 5.56 Å². The van der Waals surface area contributed by atoms with E-state index in [2.05, 4.69) is 15.3 Å². The van der Waals surface area contributed by atoms with Crippen LogP contribution in [0.1, 0.15) is 27.3 Å². The fraction of sp³-hybridized carbons (Fsp3) is 0.214. The minimum absolute atomic E-state index is 0.166. The van der Waals surface area contributed by atoms with Crippen LogP contribution in [0.2, 0.25) is 0 Å². The van der Waals surface area contributed by atoms with Gasteiger partial charge in [-0.1, -0.05) is 6.07 Å². The van der Waals surface area contributed by atoms with Crippen molar-refractivity contribution in [2.75, 3.05) is 5.32 Å². The van der Waals surface area contributed by atoms with Crippen molar-refractivity contribution in [3.63, 3.8) is 0 Å². The molecule has 0 unspecified atom stereocenters. The number of pyridine rings is 2. The Balaban J connectivity index is 2.22. The molecule has 0 bridgehead atoms. The van der Waals surface area contributed by atoms with Gasteiger partial charge in [0, 0.05) is 18.1 Å². The van der Waals surface area contributed by atoms with Crippen molar-refractivity contribution < 1.29 is 9.90 Å². The minimum Gasteiger partial charge on any atom is -0.478 e. The highest BCUT2D eigenvalue weighted by Crippen LogP contribution is 2.17. The molecule has 0 saturated carbocycles. The summed E-state index contributed by atoms with van der Waals surface area (Å²) in [5, 5.41) is 12.2. The molecular weight excluding hydrogens is 242 g/mol. The lowest BCUT2D eigenvalue weighted by Crippen LogP contribution is -2.09. The van der Waals surface area contributed by atoms with Gasteiger partial charge in [0.25, 0.3) is 0 Å². The second-order valence-electron chi connectivity index (χ2n) is 4.30. The first-order valence-electron chi connectivity index (χ1n) is 5.92. The summed E-state index contributed by atoms with van der Waals surface area (Å²) < 4.78 is 0. The maximum Gasteiger partial charge on any atom is 0.339 e. The average Bonchev–Trinajstić information content (AvgIpc) is 2.37. The Hall–Kier alpha value is -2.43. The number of carboxylic acids is 1. The third-order valence-corrected chi connectivity index (χ3v) is 2.84. The van der Waals surface area contributed by atoms with Crippen LogP contribution in [0.15, 0.2) is 30.6 Å². The van der Waals surface area contributed by atoms with E-state index in [1.165, 1.54) is 6.20 Å². The number of aromatic nitrogens is 2. The van der Waals surface area contributed by atoms with Gasteiger partial charge in [0.15, 0.2) is 0 Å². The van der Waals surface area contributed by atoms with E-state index >= 15 is 0 Å². The SMILES string of the molecule is Cc1cc(NCc2ncccc2C)c(C(=O)O)cn1. The van der Waals surface area contributed by atoms with Crippen molar-refractivity contribution in [3.8, 4) is 0 Å². The molecule has 0 aromatic carbocycles. The third-order valence-electron chi connectivity index (χ3n) is 2.84. The molecule has 5 heteroatoms. The summed E-state index contributed by atoms with van der Waals surface area (Å²) in [6, 6.07) is 5.57. The molecule has 0 aliphatic carbocycles. The van der Waals surface area contributed by atoms with Gasteiger partial charge in [0.05, 0.1) is 17.9 Å². The maximum absolute atomic E-state index is 11.1. The Morgan fingerprint density at radius 2 is 2.16 bits per heavy atom. The lowest BCUT2D eigenvalue weighted by atomic mass is 10.2. The first-order valence-corrected chi connectivity index (χ1v) is 5.92. The summed E-state index contributed by atoms with van der Waals surface area (Å²) in [4.78, 5) is 19.4. The molecule has 0 amide bonds. The molecule has 0 aliphatic rings. The zero-order valence-electron chi connectivity index (χ0n) is 10.8. The molecule has 2 rings (SSSR count). The van der Waals surface area contributed by atoms with Crippen molar-refractivity contribution in [3.05, 3.63) is 53.1 Å². The van der Waals surface area contributed by atoms with E-state index in [-0.39, 0.29) is 5.56 Å². The maximum atomic E-state index is 11.1. The zero-order chi connectivity index (χ0) is 13.8. The number of carboxylic acid groups (broad SMARTS) is 1. The van der Waals surface area contributed by atoms with Crippen molar-refractivity contribution in [1.82, 2.24) is 9.97 Å². The molecule has 2 heterocycles. The van der Waals surface area contributed by atoms with Crippen molar-refractivity contribution in [2.45, 2.75) is 20.4 Å². The van der Waals surface area contributed by atoms with Crippen LogP contribution < -0.4 is 5.32 Å². The topological polar surface area (TPSA) is 75.1 Å². The monoisotopic (exact) mass is 257 g/mol. The van der Waals surface area contributed by atoms with Crippen LogP contribution in [0.3, 0.4) is 0 Å². The van der Waals surface area contributed by atoms with E-state index < -0.39 is 5.97 Å². The van der Waals surface area contributed by atoms with Crippen molar-refractivity contribution in [2.24, 2.45) is 0 Å². The Morgan fingerprint density at radius 1 is 1.37 bits per heavy atom. The highest BCUT2D eigenvalue weighted by atomic mass is 16.4. The van der Waals surface area contributed by atoms with Gasteiger partial charge < -0.3 is 10.4 Å². The molecule has 5 nitrogen and oxygen atoms in total. The molecule has 2 aromatic rings. The largest absolute Gasteiger partial charge is 0.478 e. The molecule has 0 spiro atoms. The van der Waals surface area contributed by atoms with Gasteiger partial charge in [-0.25, -0.2) is 4.79 Å². The van der Waals surface area contributed by atoms with Gasteiger partial charge in [-0.2, -0.15) is 0 Å². The first-order chi connectivity index (χ1) is 9.08. The quantitative estimate of drug-likeness (QED) is 0.879. The number of aromatic carboxylic acids is 1. The Bertz CT molecular complexity index is 611. The fourth-order valence-corrected chi connectivity index (χ4v) is 1.76. The van der Waals surface area contributed by atoms with Gasteiger partial charge in [0.2, 0.25) is 0 Å². The molecular formula is C14H15N3O2. The normalized spacial score (nSPS) is 10.2. The van der Waals surface area contributed by atoms with Crippen molar-refractivity contribution >= 4 is 11.7 Å². The Labute approximate surface area is 111 Å². The number of hydrogen-bond donors (Lipinski definition) is 2. The first kappa shape index (κ1) is 13.0. The van der Waals surface area contributed by atoms with Gasteiger partial charge in [-0.3, -0.25) is 9.97 Å². The molecule has 19 heavy (non-hydrogen) atoms. The molecule has 98 valence electrons. The van der Waals surface area contributed by atoms with Crippen LogP contribution in [-0.2, 0) is 6.54 Å². The summed E-state index contributed by atoms with van der Waals surface area (Å²) in [5.74, 6) is -0.993. The van der Waals surface area contributed by atoms with Crippen LogP contribution in [0.4, 0.5) is 5.69 Å². The number of carbonyl (C=O) groups is 1. The minimum atomic E-state index is -0.993. The summed E-state index contributed by atoms with van der Waals surface area (Å²) in [6.45, 7) is 4.28. The smallest absolute Gasteiger partial charge is 0.339 e. The van der Waals surface area contributed by atoms with E-state index in [9.17, 15) is 4.79 Å². The van der Waals surface area contributed by atoms with Gasteiger partial charge >= 0.3 is 5.97 Å². The number of nitrogens with zero attached hydrogens (tertiary/aromatic N) is 2. The fourth-order valence-electron chi connectivity index (χ4n) is 1.76. The number of aryl methyl sites for hydroxylation is 2. The predicted octanol–water partition coefficient (Wildman–Crippen LogP) is 2.40. The number of anilines is 1. The summed E-state index contributed by atoms with van der Waals surface area (Å²) in [7, 11) is 0. The Morgan fingerprint density at radius 3 is 2.84 bits per heavy atom. The Kier molecular flexibility index (Phi) is 3.75. The summed E-state index contributed by atoms with van der Waals surface area (Å²) in [5.41, 5.74) is 3.46. The van der Waals surface area contributed by atoms with E-state index in [1.807, 2.05) is 26.0 Å². The standard InChI is InChI=1S/C14H15N3O2/c1-9-4-3-5-15-13(9)8-17-12-6-10(2)16-7-11(12)14(18)19/h3-7H,8H2,1-2H3,(H,16,17)(H,18,19). The molecule has 0 atom stereocenters. The molecule has 0 saturated heterocycles. The van der Waals surface area contributed by atoms with Crippen LogP contribution in [0.5, 0.6) is 0 Å². The predicted molar refractivity (Wildman–Crippen MR) is 72.2 cm³/mol. The van der Waals surface area contributed by atoms with Crippen LogP contribution in [0, 0.1) is 13.8 Å². The molecule has 2 aromatic heterocycles. The lowest BCUT2D eigenvalue weighted by Gasteiger charge is -2.11. The average molecular weight is 257 g/mol. The van der Waals surface area contributed by atoms with E-state index in [0.29, 0.717) is 12.2 Å². The van der Waals surface area contributed by atoms with Crippen LogP contribution in [-0.4, -0.2) is 21.0 Å². The van der Waals surface area contributed by atoms with Crippen LogP contribution >= 0.6 is 0 Å². The molecule has 0 fully saturated rings. The zero-order valence-corrected chi connectivity index (χ0v) is 10.8. The molecule has 2 N–H and O–H groups in total. The van der Waals surface area contributed by atoms with Crippen LogP contribution in [0.25, 0.3) is 0 Å². The van der Waals surface area contributed by atoms with Gasteiger partial charge in [-0.05, 0) is 31.5 Å². The third kappa shape index (κ3) is 3.07. The second kappa shape index (κ2) is 5.48. The molecule has 0 aliphatic heterocycles. The summed E-state index contributed by atoms with van der Waals surface area (Å²) in [6.07, 6.45) is 3.09. The van der Waals surface area contributed by atoms with Gasteiger partial charge in [-0.15, -0.1) is 0 Å². The highest BCUT2D eigenvalue weighted by molar-refractivity contribution is 5.93. The van der Waals surface area contributed by atoms with E-state index in [0.717, 1.165) is 17.0 Å².